The highest BCUT2D eigenvalue weighted by molar-refractivity contribution is 6.03. The molecule has 2 bridgehead atoms. The predicted molar refractivity (Wildman–Crippen MR) is 105 cm³/mol. The highest BCUT2D eigenvalue weighted by Gasteiger charge is 2.61. The normalized spacial score (nSPS) is 25.4. The first-order valence-electron chi connectivity index (χ1n) is 9.83. The molecule has 6 rings (SSSR count). The number of pyridine rings is 1. The fourth-order valence-corrected chi connectivity index (χ4v) is 4.52. The van der Waals surface area contributed by atoms with Crippen LogP contribution in [0.3, 0.4) is 0 Å². The third kappa shape index (κ3) is 2.98. The number of hydrogen-bond donors (Lipinski definition) is 1. The van der Waals surface area contributed by atoms with E-state index in [4.69, 9.17) is 18.9 Å². The molecule has 8 nitrogen and oxygen atoms in total. The zero-order valence-electron chi connectivity index (χ0n) is 17.0. The molecule has 152 valence electrons. The molecule has 1 saturated carbocycles. The van der Waals surface area contributed by atoms with Gasteiger partial charge in [0.15, 0.2) is 11.6 Å². The molecule has 2 saturated heterocycles. The van der Waals surface area contributed by atoms with Crippen LogP contribution in [0, 0.1) is 6.92 Å². The van der Waals surface area contributed by atoms with Gasteiger partial charge in [-0.25, -0.2) is 9.97 Å². The molecule has 29 heavy (non-hydrogen) atoms. The second-order valence-electron chi connectivity index (χ2n) is 8.69. The molecule has 3 aromatic rings. The number of amides is 1. The van der Waals surface area contributed by atoms with Crippen molar-refractivity contribution in [3.8, 4) is 5.75 Å². The maximum Gasteiger partial charge on any atom is 0.277 e. The van der Waals surface area contributed by atoms with Crippen molar-refractivity contribution in [2.45, 2.75) is 57.7 Å². The maximum atomic E-state index is 12.6. The summed E-state index contributed by atoms with van der Waals surface area (Å²) < 4.78 is 18.9. The quantitative estimate of drug-likeness (QED) is 0.710. The Morgan fingerprint density at radius 1 is 1.31 bits per heavy atom. The molecule has 1 N–H and O–H groups in total. The Hall–Kier alpha value is -2.87. The van der Waals surface area contributed by atoms with Gasteiger partial charge in [-0.2, -0.15) is 0 Å². The molecule has 1 amide bonds. The number of carbonyl (C=O) groups is 1. The zero-order chi connectivity index (χ0) is 20.4. The average molecular weight is 396 g/mol. The minimum absolute atomic E-state index is 0.00148. The first kappa shape index (κ1) is 18.2. The van der Waals surface area contributed by atoms with Crippen molar-refractivity contribution in [2.75, 3.05) is 11.9 Å². The number of nitrogens with one attached hydrogen (secondary N) is 1. The number of aryl methyl sites for hydroxylation is 1. The summed E-state index contributed by atoms with van der Waals surface area (Å²) in [6.07, 6.45) is 7.14. The number of fused-ring (bicyclic) bond motifs is 2. The second-order valence-corrected chi connectivity index (χ2v) is 8.69. The Morgan fingerprint density at radius 3 is 2.72 bits per heavy atom. The monoisotopic (exact) mass is 396 g/mol. The highest BCUT2D eigenvalue weighted by Crippen LogP contribution is 2.58. The molecule has 0 atom stereocenters. The van der Waals surface area contributed by atoms with Gasteiger partial charge in [0.2, 0.25) is 0 Å². The molecule has 5 heterocycles. The number of aromatic nitrogens is 3. The lowest BCUT2D eigenvalue weighted by Crippen LogP contribution is -2.45. The van der Waals surface area contributed by atoms with Crippen LogP contribution in [0.4, 0.5) is 5.69 Å². The predicted octanol–water partition coefficient (Wildman–Crippen LogP) is 3.49. The van der Waals surface area contributed by atoms with Gasteiger partial charge >= 0.3 is 0 Å². The van der Waals surface area contributed by atoms with E-state index in [2.05, 4.69) is 17.2 Å². The van der Waals surface area contributed by atoms with Crippen LogP contribution in [0.25, 0.3) is 5.65 Å². The largest absolute Gasteiger partial charge is 0.489 e. The molecule has 0 aromatic carbocycles. The summed E-state index contributed by atoms with van der Waals surface area (Å²) in [5, 5.41) is 2.88. The number of nitrogens with zero attached hydrogens (tertiary/aromatic N) is 3. The van der Waals surface area contributed by atoms with Gasteiger partial charge in [-0.1, -0.05) is 0 Å². The lowest BCUT2D eigenvalue weighted by Gasteiger charge is -2.41. The van der Waals surface area contributed by atoms with E-state index in [1.54, 1.807) is 6.92 Å². The van der Waals surface area contributed by atoms with E-state index in [1.165, 1.54) is 6.26 Å². The molecule has 0 unspecified atom stereocenters. The van der Waals surface area contributed by atoms with E-state index < -0.39 is 0 Å². The summed E-state index contributed by atoms with van der Waals surface area (Å²) in [4.78, 5) is 21.5. The number of ether oxygens (including phenoxy) is 2. The van der Waals surface area contributed by atoms with Crippen LogP contribution in [0.1, 0.15) is 55.7 Å². The van der Waals surface area contributed by atoms with Gasteiger partial charge in [0, 0.05) is 30.8 Å². The topological polar surface area (TPSA) is 90.9 Å². The first-order chi connectivity index (χ1) is 13.8. The van der Waals surface area contributed by atoms with Crippen LogP contribution in [0.15, 0.2) is 29.1 Å². The van der Waals surface area contributed by atoms with Crippen LogP contribution < -0.4 is 10.1 Å². The van der Waals surface area contributed by atoms with Crippen LogP contribution >= 0.6 is 0 Å². The standard InChI is InChI=1S/C21H24N4O4/c1-12(2)29-16-5-18-24-17(21-9-20(4,10-21)28-11-21)7-25(18)6-14(16)23-19(26)15-8-27-13(3)22-15/h5-8,12H,9-11H2,1-4H3,(H,23,26). The Morgan fingerprint density at radius 2 is 2.10 bits per heavy atom. The number of anilines is 1. The molecule has 0 radical (unpaired) electrons. The van der Waals surface area contributed by atoms with Crippen molar-refractivity contribution in [3.63, 3.8) is 0 Å². The summed E-state index contributed by atoms with van der Waals surface area (Å²) in [6.45, 7) is 8.44. The first-order valence-corrected chi connectivity index (χ1v) is 9.83. The third-order valence-corrected chi connectivity index (χ3v) is 5.68. The minimum atomic E-state index is -0.354. The van der Waals surface area contributed by atoms with E-state index in [-0.39, 0.29) is 28.7 Å². The average Bonchev–Trinajstić information content (AvgIpc) is 3.36. The van der Waals surface area contributed by atoms with Gasteiger partial charge in [-0.05, 0) is 33.6 Å². The summed E-state index contributed by atoms with van der Waals surface area (Å²) in [5.74, 6) is 0.651. The Bertz CT molecular complexity index is 1110. The Labute approximate surface area is 168 Å². The molecule has 0 spiro atoms. The number of rotatable bonds is 5. The van der Waals surface area contributed by atoms with E-state index >= 15 is 0 Å². The Balaban J connectivity index is 1.50. The molecule has 3 fully saturated rings. The maximum absolute atomic E-state index is 12.6. The van der Waals surface area contributed by atoms with Crippen molar-refractivity contribution < 1.29 is 18.7 Å². The van der Waals surface area contributed by atoms with Gasteiger partial charge in [-0.3, -0.25) is 4.79 Å². The van der Waals surface area contributed by atoms with Crippen molar-refractivity contribution in [2.24, 2.45) is 0 Å². The molecule has 1 aliphatic carbocycles. The van der Waals surface area contributed by atoms with E-state index in [0.717, 1.165) is 24.2 Å². The van der Waals surface area contributed by atoms with Crippen LogP contribution in [-0.2, 0) is 10.2 Å². The van der Waals surface area contributed by atoms with Crippen LogP contribution in [0.2, 0.25) is 0 Å². The zero-order valence-corrected chi connectivity index (χ0v) is 17.0. The van der Waals surface area contributed by atoms with Crippen molar-refractivity contribution in [3.05, 3.63) is 42.0 Å². The van der Waals surface area contributed by atoms with Crippen LogP contribution in [0.5, 0.6) is 5.75 Å². The van der Waals surface area contributed by atoms with Gasteiger partial charge < -0.3 is 23.6 Å². The van der Waals surface area contributed by atoms with Gasteiger partial charge in [0.1, 0.15) is 23.3 Å². The molecule has 3 aromatic heterocycles. The fraction of sp³-hybridized carbons (Fsp3) is 0.476. The number of oxazole rings is 1. The Kier molecular flexibility index (Phi) is 3.80. The van der Waals surface area contributed by atoms with Crippen molar-refractivity contribution >= 4 is 17.2 Å². The lowest BCUT2D eigenvalue weighted by molar-refractivity contribution is 0.0154. The summed E-state index contributed by atoms with van der Waals surface area (Å²) >= 11 is 0. The van der Waals surface area contributed by atoms with E-state index in [9.17, 15) is 4.79 Å². The minimum Gasteiger partial charge on any atom is -0.489 e. The summed E-state index contributed by atoms with van der Waals surface area (Å²) in [6, 6.07) is 1.86. The fourth-order valence-electron chi connectivity index (χ4n) is 4.52. The highest BCUT2D eigenvalue weighted by atomic mass is 16.5. The van der Waals surface area contributed by atoms with Gasteiger partial charge in [0.25, 0.3) is 5.91 Å². The summed E-state index contributed by atoms with van der Waals surface area (Å²) in [7, 11) is 0. The van der Waals surface area contributed by atoms with Gasteiger partial charge in [-0.15, -0.1) is 0 Å². The van der Waals surface area contributed by atoms with Crippen molar-refractivity contribution in [1.82, 2.24) is 14.4 Å². The second kappa shape index (κ2) is 6.06. The third-order valence-electron chi connectivity index (χ3n) is 5.68. The molecule has 8 heteroatoms. The van der Waals surface area contributed by atoms with E-state index in [1.807, 2.05) is 36.7 Å². The number of carbonyl (C=O) groups excluding carboxylic acids is 1. The number of hydrogen-bond acceptors (Lipinski definition) is 6. The molecular weight excluding hydrogens is 372 g/mol. The smallest absolute Gasteiger partial charge is 0.277 e. The molecular formula is C21H24N4O4. The molecule has 2 aliphatic heterocycles. The molecule has 3 aliphatic rings. The summed E-state index contributed by atoms with van der Waals surface area (Å²) in [5.41, 5.74) is 2.58. The van der Waals surface area contributed by atoms with Crippen LogP contribution in [-0.4, -0.2) is 38.6 Å². The van der Waals surface area contributed by atoms with Gasteiger partial charge in [0.05, 0.1) is 24.0 Å². The van der Waals surface area contributed by atoms with E-state index in [0.29, 0.717) is 23.9 Å². The lowest BCUT2D eigenvalue weighted by atomic mass is 9.62. The van der Waals surface area contributed by atoms with Crippen molar-refractivity contribution in [1.29, 1.82) is 0 Å². The SMILES string of the molecule is Cc1nc(C(=O)Nc2cn3cc(C45COC(C)(C4)C5)nc3cc2OC(C)C)co1. The number of imidazole rings is 1.